The number of ether oxygens (including phenoxy) is 2. The standard InChI is InChI=1S/C16H23F3N4O3/c1-25-6-7-26-15-11(8-12(20)13(21)23-15)14(24)22-10-4-2-9(3-5-10)16(17,18)19/h8-10H,2-7,20H2,1H3,(H2,21,23)(H,22,24). The van der Waals surface area contributed by atoms with Crippen LogP contribution in [0, 0.1) is 5.92 Å². The monoisotopic (exact) mass is 376 g/mol. The van der Waals surface area contributed by atoms with Crippen LogP contribution in [0.2, 0.25) is 0 Å². The molecule has 0 spiro atoms. The van der Waals surface area contributed by atoms with Gasteiger partial charge in [-0.2, -0.15) is 18.2 Å². The Labute approximate surface area is 149 Å². The average Bonchev–Trinajstić information content (AvgIpc) is 2.57. The van der Waals surface area contributed by atoms with E-state index < -0.39 is 18.0 Å². The SMILES string of the molecule is COCCOc1nc(N)c(N)cc1C(=O)NC1CCC(C(F)(F)F)CC1. The second-order valence-corrected chi connectivity index (χ2v) is 6.22. The smallest absolute Gasteiger partial charge is 0.391 e. The Morgan fingerprint density at radius 1 is 1.27 bits per heavy atom. The fourth-order valence-electron chi connectivity index (χ4n) is 2.85. The van der Waals surface area contributed by atoms with Crippen molar-refractivity contribution in [1.82, 2.24) is 10.3 Å². The predicted molar refractivity (Wildman–Crippen MR) is 89.7 cm³/mol. The molecule has 26 heavy (non-hydrogen) atoms. The fourth-order valence-corrected chi connectivity index (χ4v) is 2.85. The Bertz CT molecular complexity index is 632. The summed E-state index contributed by atoms with van der Waals surface area (Å²) < 4.78 is 48.5. The van der Waals surface area contributed by atoms with Gasteiger partial charge in [0.05, 0.1) is 18.2 Å². The quantitative estimate of drug-likeness (QED) is 0.656. The summed E-state index contributed by atoms with van der Waals surface area (Å²) in [5, 5.41) is 2.73. The van der Waals surface area contributed by atoms with Crippen molar-refractivity contribution in [2.24, 2.45) is 5.92 Å². The van der Waals surface area contributed by atoms with Crippen molar-refractivity contribution in [3.05, 3.63) is 11.6 Å². The first-order valence-electron chi connectivity index (χ1n) is 8.27. The van der Waals surface area contributed by atoms with Gasteiger partial charge >= 0.3 is 6.18 Å². The van der Waals surface area contributed by atoms with Crippen LogP contribution in [0.3, 0.4) is 0 Å². The number of carbonyl (C=O) groups is 1. The molecule has 0 aromatic carbocycles. The highest BCUT2D eigenvalue weighted by Crippen LogP contribution is 2.37. The van der Waals surface area contributed by atoms with Crippen molar-refractivity contribution in [2.75, 3.05) is 31.8 Å². The number of hydrogen-bond donors (Lipinski definition) is 3. The van der Waals surface area contributed by atoms with E-state index in [9.17, 15) is 18.0 Å². The maximum Gasteiger partial charge on any atom is 0.391 e. The van der Waals surface area contributed by atoms with Gasteiger partial charge in [-0.15, -0.1) is 0 Å². The number of nitrogens with two attached hydrogens (primary N) is 2. The van der Waals surface area contributed by atoms with Crippen LogP contribution in [0.5, 0.6) is 5.88 Å². The van der Waals surface area contributed by atoms with Gasteiger partial charge in [-0.3, -0.25) is 4.79 Å². The topological polar surface area (TPSA) is 112 Å². The molecular formula is C16H23F3N4O3. The van der Waals surface area contributed by atoms with Gasteiger partial charge in [-0.05, 0) is 31.7 Å². The Hall–Kier alpha value is -2.23. The number of rotatable bonds is 6. The largest absolute Gasteiger partial charge is 0.475 e. The van der Waals surface area contributed by atoms with E-state index in [-0.39, 0.29) is 67.9 Å². The molecule has 7 nitrogen and oxygen atoms in total. The zero-order valence-corrected chi connectivity index (χ0v) is 14.4. The maximum atomic E-state index is 12.7. The summed E-state index contributed by atoms with van der Waals surface area (Å²) in [6.45, 7) is 0.443. The Morgan fingerprint density at radius 2 is 1.92 bits per heavy atom. The van der Waals surface area contributed by atoms with Gasteiger partial charge in [0.15, 0.2) is 5.82 Å². The number of amides is 1. The van der Waals surface area contributed by atoms with Crippen molar-refractivity contribution in [2.45, 2.75) is 37.9 Å². The third-order valence-corrected chi connectivity index (χ3v) is 4.34. The number of alkyl halides is 3. The number of hydrogen-bond acceptors (Lipinski definition) is 6. The van der Waals surface area contributed by atoms with E-state index in [0.29, 0.717) is 0 Å². The lowest BCUT2D eigenvalue weighted by atomic mass is 9.85. The van der Waals surface area contributed by atoms with E-state index in [4.69, 9.17) is 20.9 Å². The zero-order chi connectivity index (χ0) is 19.3. The summed E-state index contributed by atoms with van der Waals surface area (Å²) in [5.74, 6) is -1.78. The summed E-state index contributed by atoms with van der Waals surface area (Å²) >= 11 is 0. The minimum atomic E-state index is -4.19. The van der Waals surface area contributed by atoms with E-state index in [1.807, 2.05) is 0 Å². The molecule has 1 amide bonds. The first-order valence-corrected chi connectivity index (χ1v) is 8.27. The highest BCUT2D eigenvalue weighted by Gasteiger charge is 2.41. The summed E-state index contributed by atoms with van der Waals surface area (Å²) in [7, 11) is 1.50. The molecule has 1 heterocycles. The number of pyridine rings is 1. The highest BCUT2D eigenvalue weighted by atomic mass is 19.4. The Morgan fingerprint density at radius 3 is 2.50 bits per heavy atom. The number of methoxy groups -OCH3 is 1. The summed E-state index contributed by atoms with van der Waals surface area (Å²) in [5.41, 5.74) is 11.6. The molecule has 1 aromatic heterocycles. The van der Waals surface area contributed by atoms with Crippen molar-refractivity contribution in [3.8, 4) is 5.88 Å². The van der Waals surface area contributed by atoms with Crippen molar-refractivity contribution >= 4 is 17.4 Å². The number of aromatic nitrogens is 1. The van der Waals surface area contributed by atoms with Gasteiger partial charge < -0.3 is 26.3 Å². The lowest BCUT2D eigenvalue weighted by molar-refractivity contribution is -0.182. The van der Waals surface area contributed by atoms with Gasteiger partial charge in [0, 0.05) is 13.2 Å². The second kappa shape index (κ2) is 8.43. The molecule has 0 radical (unpaired) electrons. The Kier molecular flexibility index (Phi) is 6.52. The molecular weight excluding hydrogens is 353 g/mol. The van der Waals surface area contributed by atoms with Gasteiger partial charge in [0.25, 0.3) is 5.91 Å². The Balaban J connectivity index is 2.03. The number of nitrogens with zero attached hydrogens (tertiary/aromatic N) is 1. The summed E-state index contributed by atoms with van der Waals surface area (Å²) in [6.07, 6.45) is -3.68. The molecule has 1 fully saturated rings. The van der Waals surface area contributed by atoms with Crippen molar-refractivity contribution in [3.63, 3.8) is 0 Å². The van der Waals surface area contributed by atoms with Gasteiger partial charge in [0.2, 0.25) is 5.88 Å². The van der Waals surface area contributed by atoms with Crippen molar-refractivity contribution in [1.29, 1.82) is 0 Å². The summed E-state index contributed by atoms with van der Waals surface area (Å²) in [4.78, 5) is 16.5. The molecule has 2 rings (SSSR count). The van der Waals surface area contributed by atoms with Crippen LogP contribution in [-0.2, 0) is 4.74 Å². The normalized spacial score (nSPS) is 20.6. The molecule has 1 aromatic rings. The minimum Gasteiger partial charge on any atom is -0.475 e. The van der Waals surface area contributed by atoms with Gasteiger partial charge in [-0.25, -0.2) is 0 Å². The first-order chi connectivity index (χ1) is 12.2. The fraction of sp³-hybridized carbons (Fsp3) is 0.625. The molecule has 0 aliphatic heterocycles. The van der Waals surface area contributed by atoms with E-state index in [1.54, 1.807) is 0 Å². The van der Waals surface area contributed by atoms with E-state index in [2.05, 4.69) is 10.3 Å². The van der Waals surface area contributed by atoms with Crippen LogP contribution in [-0.4, -0.2) is 43.4 Å². The first kappa shape index (κ1) is 20.1. The van der Waals surface area contributed by atoms with Crippen LogP contribution in [0.25, 0.3) is 0 Å². The number of anilines is 2. The lowest BCUT2D eigenvalue weighted by Crippen LogP contribution is -2.40. The second-order valence-electron chi connectivity index (χ2n) is 6.22. The van der Waals surface area contributed by atoms with Crippen molar-refractivity contribution < 1.29 is 27.4 Å². The van der Waals surface area contributed by atoms with Gasteiger partial charge in [0.1, 0.15) is 12.2 Å². The average molecular weight is 376 g/mol. The highest BCUT2D eigenvalue weighted by molar-refractivity contribution is 5.98. The molecule has 1 aliphatic rings. The molecule has 1 aliphatic carbocycles. The molecule has 0 atom stereocenters. The number of nitrogen functional groups attached to an aromatic ring is 2. The zero-order valence-electron chi connectivity index (χ0n) is 14.4. The molecule has 146 valence electrons. The van der Waals surface area contributed by atoms with Crippen LogP contribution < -0.4 is 21.5 Å². The number of halogens is 3. The van der Waals surface area contributed by atoms with Crippen LogP contribution >= 0.6 is 0 Å². The number of nitrogens with one attached hydrogen (secondary N) is 1. The third-order valence-electron chi connectivity index (χ3n) is 4.34. The van der Waals surface area contributed by atoms with E-state index >= 15 is 0 Å². The molecule has 5 N–H and O–H groups in total. The van der Waals surface area contributed by atoms with E-state index in [1.165, 1.54) is 13.2 Å². The maximum absolute atomic E-state index is 12.7. The van der Waals surface area contributed by atoms with Gasteiger partial charge in [-0.1, -0.05) is 0 Å². The molecule has 10 heteroatoms. The van der Waals surface area contributed by atoms with E-state index in [0.717, 1.165) is 0 Å². The molecule has 0 bridgehead atoms. The molecule has 0 unspecified atom stereocenters. The third kappa shape index (κ3) is 5.13. The van der Waals surface area contributed by atoms with Crippen LogP contribution in [0.4, 0.5) is 24.7 Å². The number of carbonyl (C=O) groups excluding carboxylic acids is 1. The molecule has 1 saturated carbocycles. The minimum absolute atomic E-state index is 0.00618. The lowest BCUT2D eigenvalue weighted by Gasteiger charge is -2.30. The van der Waals surface area contributed by atoms with Crippen LogP contribution in [0.15, 0.2) is 6.07 Å². The molecule has 0 saturated heterocycles. The predicted octanol–water partition coefficient (Wildman–Crippen LogP) is 2.12. The summed E-state index contributed by atoms with van der Waals surface area (Å²) in [6, 6.07) is 1.01. The van der Waals surface area contributed by atoms with Crippen LogP contribution in [0.1, 0.15) is 36.0 Å².